The first-order valence-electron chi connectivity index (χ1n) is 7.81. The first-order valence-corrected chi connectivity index (χ1v) is 9.20. The zero-order valence-electron chi connectivity index (χ0n) is 13.8. The van der Waals surface area contributed by atoms with Crippen LogP contribution in [0.4, 0.5) is 17.1 Å². The minimum atomic E-state index is -3.69. The van der Waals surface area contributed by atoms with Gasteiger partial charge in [-0.15, -0.1) is 0 Å². The molecule has 0 saturated carbocycles. The monoisotopic (exact) mass is 347 g/mol. The first kappa shape index (κ1) is 16.6. The van der Waals surface area contributed by atoms with Crippen LogP contribution >= 0.6 is 0 Å². The molecular formula is C17H21N3O3S. The van der Waals surface area contributed by atoms with Crippen molar-refractivity contribution in [1.82, 2.24) is 5.32 Å². The summed E-state index contributed by atoms with van der Waals surface area (Å²) in [5.41, 5.74) is 1.86. The smallest absolute Gasteiger partial charge is 0.331 e. The molecule has 0 unspecified atom stereocenters. The maximum atomic E-state index is 13.2. The van der Waals surface area contributed by atoms with Crippen LogP contribution in [0.2, 0.25) is 0 Å². The topological polar surface area (TPSA) is 61.9 Å². The van der Waals surface area contributed by atoms with Crippen molar-refractivity contribution in [3.05, 3.63) is 48.5 Å². The highest BCUT2D eigenvalue weighted by molar-refractivity contribution is 7.95. The molecule has 0 radical (unpaired) electrons. The quantitative estimate of drug-likeness (QED) is 0.816. The number of hydrogen-bond donors (Lipinski definition) is 1. The molecule has 0 aliphatic carbocycles. The van der Waals surface area contributed by atoms with Crippen molar-refractivity contribution < 1.29 is 13.2 Å². The number of methoxy groups -OCH3 is 1. The third-order valence-electron chi connectivity index (χ3n) is 3.97. The van der Waals surface area contributed by atoms with Crippen LogP contribution in [0.25, 0.3) is 0 Å². The molecule has 3 rings (SSSR count). The van der Waals surface area contributed by atoms with Crippen LogP contribution < -0.4 is 18.7 Å². The fourth-order valence-electron chi connectivity index (χ4n) is 2.88. The number of rotatable bonds is 6. The van der Waals surface area contributed by atoms with E-state index in [1.165, 1.54) is 15.7 Å². The van der Waals surface area contributed by atoms with E-state index in [4.69, 9.17) is 4.74 Å². The highest BCUT2D eigenvalue weighted by Crippen LogP contribution is 2.47. The van der Waals surface area contributed by atoms with Crippen LogP contribution in [0.3, 0.4) is 0 Å². The van der Waals surface area contributed by atoms with E-state index in [-0.39, 0.29) is 0 Å². The molecule has 1 heterocycles. The van der Waals surface area contributed by atoms with E-state index in [2.05, 4.69) is 5.32 Å². The Bertz CT molecular complexity index is 823. The fourth-order valence-corrected chi connectivity index (χ4v) is 4.64. The molecule has 0 amide bonds. The molecule has 1 aliphatic rings. The lowest BCUT2D eigenvalue weighted by Crippen LogP contribution is -2.36. The van der Waals surface area contributed by atoms with E-state index < -0.39 is 10.2 Å². The lowest BCUT2D eigenvalue weighted by molar-refractivity contribution is 0.416. The van der Waals surface area contributed by atoms with Gasteiger partial charge in [-0.2, -0.15) is 8.42 Å². The van der Waals surface area contributed by atoms with Crippen LogP contribution in [-0.2, 0) is 10.2 Å². The normalized spacial score (nSPS) is 15.4. The zero-order chi connectivity index (χ0) is 17.2. The predicted molar refractivity (Wildman–Crippen MR) is 96.4 cm³/mol. The molecule has 1 aliphatic heterocycles. The molecule has 128 valence electrons. The van der Waals surface area contributed by atoms with Crippen LogP contribution in [-0.4, -0.2) is 35.7 Å². The predicted octanol–water partition coefficient (Wildman–Crippen LogP) is 2.51. The van der Waals surface area contributed by atoms with E-state index in [0.717, 1.165) is 13.0 Å². The van der Waals surface area contributed by atoms with Crippen LogP contribution in [0.15, 0.2) is 48.5 Å². The number of hydrogen-bond acceptors (Lipinski definition) is 4. The minimum absolute atomic E-state index is 0.422. The molecule has 7 heteroatoms. The van der Waals surface area contributed by atoms with Gasteiger partial charge in [-0.3, -0.25) is 4.31 Å². The van der Waals surface area contributed by atoms with Gasteiger partial charge in [-0.25, -0.2) is 4.31 Å². The number of fused-ring (bicyclic) bond motifs is 1. The zero-order valence-corrected chi connectivity index (χ0v) is 14.6. The molecule has 0 saturated heterocycles. The van der Waals surface area contributed by atoms with Crippen molar-refractivity contribution in [2.75, 3.05) is 35.9 Å². The van der Waals surface area contributed by atoms with Gasteiger partial charge in [-0.05, 0) is 44.3 Å². The Morgan fingerprint density at radius 1 is 1.00 bits per heavy atom. The summed E-state index contributed by atoms with van der Waals surface area (Å²) in [6, 6.07) is 14.5. The highest BCUT2D eigenvalue weighted by atomic mass is 32.2. The Labute approximate surface area is 142 Å². The maximum Gasteiger partial charge on any atom is 0.331 e. The molecule has 1 N–H and O–H groups in total. The average Bonchev–Trinajstić information content (AvgIpc) is 2.82. The van der Waals surface area contributed by atoms with Crippen molar-refractivity contribution >= 4 is 27.3 Å². The SMILES string of the molecule is CNCCCN1c2ccccc2N(c2ccccc2OC)S1(=O)=O. The van der Waals surface area contributed by atoms with Gasteiger partial charge < -0.3 is 10.1 Å². The lowest BCUT2D eigenvalue weighted by atomic mass is 10.2. The molecule has 24 heavy (non-hydrogen) atoms. The third kappa shape index (κ3) is 2.70. The molecular weight excluding hydrogens is 326 g/mol. The van der Waals surface area contributed by atoms with Crippen molar-refractivity contribution in [3.8, 4) is 5.75 Å². The summed E-state index contributed by atoms with van der Waals surface area (Å²) in [6.07, 6.45) is 0.726. The van der Waals surface area contributed by atoms with Crippen LogP contribution in [0, 0.1) is 0 Å². The molecule has 0 spiro atoms. The summed E-state index contributed by atoms with van der Waals surface area (Å²) in [7, 11) is -0.300. The van der Waals surface area contributed by atoms with Gasteiger partial charge in [0.25, 0.3) is 0 Å². The molecule has 0 aromatic heterocycles. The number of benzene rings is 2. The summed E-state index contributed by atoms with van der Waals surface area (Å²) in [6.45, 7) is 1.18. The van der Waals surface area contributed by atoms with E-state index in [9.17, 15) is 8.42 Å². The summed E-state index contributed by atoms with van der Waals surface area (Å²) in [5, 5.41) is 3.05. The first-order chi connectivity index (χ1) is 11.6. The second-order valence-corrected chi connectivity index (χ2v) is 7.16. The van der Waals surface area contributed by atoms with Gasteiger partial charge in [0.2, 0.25) is 0 Å². The second kappa shape index (κ2) is 6.70. The maximum absolute atomic E-state index is 13.2. The summed E-state index contributed by atoms with van der Waals surface area (Å²) >= 11 is 0. The van der Waals surface area contributed by atoms with Crippen LogP contribution in [0.1, 0.15) is 6.42 Å². The van der Waals surface area contributed by atoms with Crippen LogP contribution in [0.5, 0.6) is 5.75 Å². The van der Waals surface area contributed by atoms with E-state index >= 15 is 0 Å². The third-order valence-corrected chi connectivity index (χ3v) is 5.76. The van der Waals surface area contributed by atoms with E-state index in [1.54, 1.807) is 18.2 Å². The standard InChI is InChI=1S/C17H21N3O3S/c1-18-12-7-13-19-14-8-3-4-9-15(14)20(24(19,21)22)16-10-5-6-11-17(16)23-2/h3-6,8-11,18H,7,12-13H2,1-2H3. The summed E-state index contributed by atoms with van der Waals surface area (Å²) < 4.78 is 34.6. The van der Waals surface area contributed by atoms with Gasteiger partial charge in [0, 0.05) is 6.54 Å². The second-order valence-electron chi connectivity index (χ2n) is 5.46. The number of nitrogens with zero attached hydrogens (tertiary/aromatic N) is 2. The number of ether oxygens (including phenoxy) is 1. The van der Waals surface area contributed by atoms with Crippen molar-refractivity contribution in [1.29, 1.82) is 0 Å². The number of anilines is 3. The summed E-state index contributed by atoms with van der Waals surface area (Å²) in [4.78, 5) is 0. The van der Waals surface area contributed by atoms with Gasteiger partial charge in [0.15, 0.2) is 0 Å². The molecule has 0 fully saturated rings. The highest BCUT2D eigenvalue weighted by Gasteiger charge is 2.41. The Morgan fingerprint density at radius 2 is 1.62 bits per heavy atom. The summed E-state index contributed by atoms with van der Waals surface area (Å²) in [5.74, 6) is 0.521. The lowest BCUT2D eigenvalue weighted by Gasteiger charge is -2.23. The Kier molecular flexibility index (Phi) is 4.64. The number of nitrogens with one attached hydrogen (secondary N) is 1. The Morgan fingerprint density at radius 3 is 2.29 bits per heavy atom. The average molecular weight is 347 g/mol. The van der Waals surface area contributed by atoms with Gasteiger partial charge in [0.1, 0.15) is 11.4 Å². The molecule has 0 atom stereocenters. The van der Waals surface area contributed by atoms with Crippen molar-refractivity contribution in [2.24, 2.45) is 0 Å². The number of para-hydroxylation sites is 4. The largest absolute Gasteiger partial charge is 0.495 e. The van der Waals surface area contributed by atoms with Gasteiger partial charge >= 0.3 is 10.2 Å². The minimum Gasteiger partial charge on any atom is -0.495 e. The fraction of sp³-hybridized carbons (Fsp3) is 0.294. The Balaban J connectivity index is 2.10. The van der Waals surface area contributed by atoms with E-state index in [1.807, 2.05) is 37.4 Å². The molecule has 6 nitrogen and oxygen atoms in total. The molecule has 0 bridgehead atoms. The molecule has 2 aromatic carbocycles. The van der Waals surface area contributed by atoms with Gasteiger partial charge in [-0.1, -0.05) is 24.3 Å². The van der Waals surface area contributed by atoms with Crippen molar-refractivity contribution in [2.45, 2.75) is 6.42 Å². The Hall–Kier alpha value is -2.25. The van der Waals surface area contributed by atoms with E-state index in [0.29, 0.717) is 29.4 Å². The van der Waals surface area contributed by atoms with Crippen molar-refractivity contribution in [3.63, 3.8) is 0 Å². The van der Waals surface area contributed by atoms with Gasteiger partial charge in [0.05, 0.1) is 18.5 Å². The molecule has 2 aromatic rings.